The van der Waals surface area contributed by atoms with Crippen LogP contribution in [0.4, 0.5) is 5.69 Å². The van der Waals surface area contributed by atoms with Crippen LogP contribution < -0.4 is 5.32 Å². The molecule has 0 saturated heterocycles. The summed E-state index contributed by atoms with van der Waals surface area (Å²) < 4.78 is 0. The molecule has 21 heavy (non-hydrogen) atoms. The van der Waals surface area contributed by atoms with E-state index < -0.39 is 0 Å². The number of nitrogens with one attached hydrogen (secondary N) is 1. The molecule has 4 bridgehead atoms. The van der Waals surface area contributed by atoms with Crippen LogP contribution in [0.2, 0.25) is 0 Å². The molecule has 2 unspecified atom stereocenters. The van der Waals surface area contributed by atoms with Gasteiger partial charge < -0.3 is 5.32 Å². The minimum Gasteiger partial charge on any atom is -0.326 e. The molecule has 4 saturated carbocycles. The van der Waals surface area contributed by atoms with Gasteiger partial charge in [0.2, 0.25) is 5.91 Å². The van der Waals surface area contributed by atoms with Gasteiger partial charge in [-0.3, -0.25) is 4.79 Å². The third kappa shape index (κ3) is 2.11. The summed E-state index contributed by atoms with van der Waals surface area (Å²) >= 11 is 0. The number of benzene rings is 1. The standard InChI is InChI=1S/C19H25NO/c1-17-8-14-9-18(2,11-17)13-19(10-14,12-17)16(21)20-15-6-4-3-5-7-15/h3-7,14H,8-13H2,1-2H3,(H,20,21). The zero-order chi connectivity index (χ0) is 14.7. The summed E-state index contributed by atoms with van der Waals surface area (Å²) in [7, 11) is 0. The number of hydrogen-bond donors (Lipinski definition) is 1. The monoisotopic (exact) mass is 283 g/mol. The molecule has 1 N–H and O–H groups in total. The molecule has 2 heteroatoms. The van der Waals surface area contributed by atoms with Crippen molar-refractivity contribution in [2.24, 2.45) is 22.2 Å². The predicted molar refractivity (Wildman–Crippen MR) is 84.9 cm³/mol. The van der Waals surface area contributed by atoms with Gasteiger partial charge in [0.25, 0.3) is 0 Å². The second-order valence-electron chi connectivity index (χ2n) is 8.73. The molecule has 0 aliphatic heterocycles. The van der Waals surface area contributed by atoms with Crippen molar-refractivity contribution < 1.29 is 4.79 Å². The lowest BCUT2D eigenvalue weighted by Crippen LogP contribution is -2.58. The Morgan fingerprint density at radius 1 is 1.00 bits per heavy atom. The highest BCUT2D eigenvalue weighted by molar-refractivity contribution is 5.95. The summed E-state index contributed by atoms with van der Waals surface area (Å²) in [5.41, 5.74) is 1.61. The fourth-order valence-electron chi connectivity index (χ4n) is 6.49. The first-order chi connectivity index (χ1) is 9.91. The molecule has 2 atom stereocenters. The van der Waals surface area contributed by atoms with Gasteiger partial charge in [-0.2, -0.15) is 0 Å². The highest BCUT2D eigenvalue weighted by atomic mass is 16.2. The van der Waals surface area contributed by atoms with Gasteiger partial charge in [0, 0.05) is 5.69 Å². The van der Waals surface area contributed by atoms with Gasteiger partial charge in [-0.25, -0.2) is 0 Å². The second kappa shape index (κ2) is 4.12. The lowest BCUT2D eigenvalue weighted by molar-refractivity contribution is -0.165. The van der Waals surface area contributed by atoms with Crippen molar-refractivity contribution >= 4 is 11.6 Å². The zero-order valence-corrected chi connectivity index (χ0v) is 13.1. The quantitative estimate of drug-likeness (QED) is 0.843. The molecule has 4 aliphatic rings. The van der Waals surface area contributed by atoms with Crippen LogP contribution >= 0.6 is 0 Å². The second-order valence-corrected chi connectivity index (χ2v) is 8.73. The van der Waals surface area contributed by atoms with Crippen LogP contribution in [0.1, 0.15) is 52.4 Å². The van der Waals surface area contributed by atoms with E-state index in [4.69, 9.17) is 0 Å². The van der Waals surface area contributed by atoms with Crippen LogP contribution in [0.15, 0.2) is 30.3 Å². The summed E-state index contributed by atoms with van der Waals surface area (Å²) in [6, 6.07) is 9.93. The van der Waals surface area contributed by atoms with Crippen molar-refractivity contribution in [3.63, 3.8) is 0 Å². The lowest BCUT2D eigenvalue weighted by atomic mass is 9.40. The van der Waals surface area contributed by atoms with E-state index in [1.807, 2.05) is 30.3 Å². The third-order valence-electron chi connectivity index (χ3n) is 6.14. The Kier molecular flexibility index (Phi) is 2.62. The van der Waals surface area contributed by atoms with E-state index in [2.05, 4.69) is 19.2 Å². The van der Waals surface area contributed by atoms with Gasteiger partial charge in [0.1, 0.15) is 0 Å². The Morgan fingerprint density at radius 2 is 1.62 bits per heavy atom. The topological polar surface area (TPSA) is 29.1 Å². The van der Waals surface area contributed by atoms with Crippen LogP contribution in [0, 0.1) is 22.2 Å². The number of carbonyl (C=O) groups excluding carboxylic acids is 1. The number of rotatable bonds is 2. The molecule has 0 aromatic heterocycles. The highest BCUT2D eigenvalue weighted by Crippen LogP contribution is 2.69. The third-order valence-corrected chi connectivity index (χ3v) is 6.14. The van der Waals surface area contributed by atoms with Crippen molar-refractivity contribution in [1.29, 1.82) is 0 Å². The summed E-state index contributed by atoms with van der Waals surface area (Å²) in [6.45, 7) is 4.83. The van der Waals surface area contributed by atoms with E-state index in [0.29, 0.717) is 10.8 Å². The highest BCUT2D eigenvalue weighted by Gasteiger charge is 2.62. The molecular formula is C19H25NO. The largest absolute Gasteiger partial charge is 0.326 e. The summed E-state index contributed by atoms with van der Waals surface area (Å²) in [5, 5.41) is 3.19. The Labute approximate surface area is 127 Å². The molecule has 0 heterocycles. The van der Waals surface area contributed by atoms with Crippen molar-refractivity contribution in [3.05, 3.63) is 30.3 Å². The van der Waals surface area contributed by atoms with Gasteiger partial charge in [-0.05, 0) is 67.4 Å². The molecule has 2 nitrogen and oxygen atoms in total. The maximum absolute atomic E-state index is 13.0. The minimum absolute atomic E-state index is 0.112. The van der Waals surface area contributed by atoms with Crippen molar-refractivity contribution in [2.75, 3.05) is 5.32 Å². The first-order valence-corrected chi connectivity index (χ1v) is 8.27. The average Bonchev–Trinajstić information content (AvgIpc) is 2.35. The number of para-hydroxylation sites is 1. The van der Waals surface area contributed by atoms with Gasteiger partial charge in [0.15, 0.2) is 0 Å². The van der Waals surface area contributed by atoms with Crippen LogP contribution in [0.5, 0.6) is 0 Å². The van der Waals surface area contributed by atoms with E-state index in [1.54, 1.807) is 0 Å². The maximum atomic E-state index is 13.0. The lowest BCUT2D eigenvalue weighted by Gasteiger charge is -2.64. The zero-order valence-electron chi connectivity index (χ0n) is 13.1. The molecule has 4 aliphatic carbocycles. The van der Waals surface area contributed by atoms with E-state index >= 15 is 0 Å². The SMILES string of the molecule is CC12CC3CC(C)(C1)CC(C(=O)Nc1ccccc1)(C3)C2. The van der Waals surface area contributed by atoms with Crippen molar-refractivity contribution in [3.8, 4) is 0 Å². The summed E-state index contributed by atoms with van der Waals surface area (Å²) in [5.74, 6) is 1.04. The molecule has 1 aromatic carbocycles. The van der Waals surface area contributed by atoms with E-state index in [1.165, 1.54) is 19.3 Å². The molecule has 4 fully saturated rings. The van der Waals surface area contributed by atoms with Gasteiger partial charge in [-0.1, -0.05) is 32.0 Å². The molecule has 1 amide bonds. The smallest absolute Gasteiger partial charge is 0.230 e. The van der Waals surface area contributed by atoms with Crippen LogP contribution in [0.3, 0.4) is 0 Å². The van der Waals surface area contributed by atoms with Crippen LogP contribution in [-0.4, -0.2) is 5.91 Å². The average molecular weight is 283 g/mol. The first kappa shape index (κ1) is 13.4. The molecular weight excluding hydrogens is 258 g/mol. The fourth-order valence-corrected chi connectivity index (χ4v) is 6.49. The maximum Gasteiger partial charge on any atom is 0.230 e. The molecule has 0 spiro atoms. The van der Waals surface area contributed by atoms with Gasteiger partial charge in [0.05, 0.1) is 5.41 Å². The van der Waals surface area contributed by atoms with Crippen molar-refractivity contribution in [1.82, 2.24) is 0 Å². The number of carbonyl (C=O) groups is 1. The number of amides is 1. The Hall–Kier alpha value is -1.31. The van der Waals surface area contributed by atoms with Gasteiger partial charge >= 0.3 is 0 Å². The fraction of sp³-hybridized carbons (Fsp3) is 0.632. The van der Waals surface area contributed by atoms with E-state index in [0.717, 1.165) is 30.9 Å². The summed E-state index contributed by atoms with van der Waals surface area (Å²) in [4.78, 5) is 13.0. The predicted octanol–water partition coefficient (Wildman–Crippen LogP) is 4.62. The van der Waals surface area contributed by atoms with Crippen molar-refractivity contribution in [2.45, 2.75) is 52.4 Å². The normalized spacial score (nSPS) is 43.8. The number of hydrogen-bond acceptors (Lipinski definition) is 1. The Morgan fingerprint density at radius 3 is 2.19 bits per heavy atom. The van der Waals surface area contributed by atoms with E-state index in [9.17, 15) is 4.79 Å². The number of anilines is 1. The van der Waals surface area contributed by atoms with Crippen LogP contribution in [0.25, 0.3) is 0 Å². The summed E-state index contributed by atoms with van der Waals surface area (Å²) in [6.07, 6.45) is 7.27. The molecule has 112 valence electrons. The minimum atomic E-state index is -0.112. The molecule has 0 radical (unpaired) electrons. The Balaban J connectivity index is 1.63. The molecule has 5 rings (SSSR count). The molecule has 1 aromatic rings. The van der Waals surface area contributed by atoms with E-state index in [-0.39, 0.29) is 11.3 Å². The van der Waals surface area contributed by atoms with Gasteiger partial charge in [-0.15, -0.1) is 0 Å². The van der Waals surface area contributed by atoms with Crippen LogP contribution in [-0.2, 0) is 4.79 Å². The Bertz CT molecular complexity index is 560. The first-order valence-electron chi connectivity index (χ1n) is 8.27.